The van der Waals surface area contributed by atoms with E-state index in [1.807, 2.05) is 0 Å². The highest BCUT2D eigenvalue weighted by atomic mass is 16.5. The topological polar surface area (TPSA) is 26.3 Å². The van der Waals surface area contributed by atoms with E-state index in [0.717, 1.165) is 12.8 Å². The maximum Gasteiger partial charge on any atom is 0.309 e. The Balaban J connectivity index is 2.33. The molecular weight excluding hydrogens is 128 g/mol. The van der Waals surface area contributed by atoms with Crippen molar-refractivity contribution in [3.63, 3.8) is 0 Å². The van der Waals surface area contributed by atoms with Crippen LogP contribution in [-0.2, 0) is 9.53 Å². The lowest BCUT2D eigenvalue weighted by Gasteiger charge is -2.06. The van der Waals surface area contributed by atoms with Crippen molar-refractivity contribution in [2.45, 2.75) is 26.7 Å². The van der Waals surface area contributed by atoms with Crippen LogP contribution in [0.4, 0.5) is 0 Å². The Morgan fingerprint density at radius 2 is 2.40 bits per heavy atom. The average molecular weight is 142 g/mol. The fraction of sp³-hybridized carbons (Fsp3) is 0.875. The van der Waals surface area contributed by atoms with Gasteiger partial charge in [0.15, 0.2) is 0 Å². The number of carbonyl (C=O) groups is 1. The molecule has 0 aliphatic carbocycles. The highest BCUT2D eigenvalue weighted by Crippen LogP contribution is 2.21. The first kappa shape index (κ1) is 7.58. The van der Waals surface area contributed by atoms with Crippen LogP contribution in [0.2, 0.25) is 0 Å². The number of carbonyl (C=O) groups excluding carboxylic acids is 1. The summed E-state index contributed by atoms with van der Waals surface area (Å²) in [5, 5.41) is 0. The molecule has 1 saturated heterocycles. The Morgan fingerprint density at radius 1 is 1.70 bits per heavy atom. The van der Waals surface area contributed by atoms with Crippen LogP contribution in [0, 0.1) is 11.8 Å². The van der Waals surface area contributed by atoms with E-state index in [0.29, 0.717) is 12.5 Å². The zero-order chi connectivity index (χ0) is 7.56. The predicted octanol–water partition coefficient (Wildman–Crippen LogP) is 1.60. The number of rotatable bonds is 2. The summed E-state index contributed by atoms with van der Waals surface area (Å²) in [6.45, 7) is 4.90. The third-order valence-electron chi connectivity index (χ3n) is 1.80. The zero-order valence-corrected chi connectivity index (χ0v) is 6.59. The van der Waals surface area contributed by atoms with Gasteiger partial charge in [-0.25, -0.2) is 0 Å². The minimum atomic E-state index is 0.00806. The van der Waals surface area contributed by atoms with Gasteiger partial charge in [-0.15, -0.1) is 0 Å². The average Bonchev–Trinajstić information content (AvgIpc) is 2.15. The molecule has 1 aliphatic heterocycles. The van der Waals surface area contributed by atoms with E-state index in [-0.39, 0.29) is 11.9 Å². The van der Waals surface area contributed by atoms with Gasteiger partial charge in [0.25, 0.3) is 0 Å². The van der Waals surface area contributed by atoms with Crippen LogP contribution in [-0.4, -0.2) is 12.6 Å². The summed E-state index contributed by atoms with van der Waals surface area (Å²) in [4.78, 5) is 10.9. The molecule has 0 aromatic heterocycles. The number of ether oxygens (including phenoxy) is 1. The molecule has 1 atom stereocenters. The van der Waals surface area contributed by atoms with E-state index >= 15 is 0 Å². The molecule has 0 unspecified atom stereocenters. The SMILES string of the molecule is CC(C)C[C@@H]1CCOC1=O. The predicted molar refractivity (Wildman–Crippen MR) is 38.5 cm³/mol. The molecule has 0 amide bonds. The molecule has 1 rings (SSSR count). The Bertz CT molecular complexity index is 129. The Kier molecular flexibility index (Phi) is 2.30. The first-order chi connectivity index (χ1) is 4.70. The van der Waals surface area contributed by atoms with Gasteiger partial charge in [-0.2, -0.15) is 0 Å². The van der Waals surface area contributed by atoms with Gasteiger partial charge in [-0.1, -0.05) is 13.8 Å². The van der Waals surface area contributed by atoms with Crippen molar-refractivity contribution in [3.8, 4) is 0 Å². The van der Waals surface area contributed by atoms with Gasteiger partial charge in [0.05, 0.1) is 12.5 Å². The van der Waals surface area contributed by atoms with Crippen LogP contribution >= 0.6 is 0 Å². The summed E-state index contributed by atoms with van der Waals surface area (Å²) in [5.41, 5.74) is 0. The lowest BCUT2D eigenvalue weighted by Crippen LogP contribution is -2.09. The quantitative estimate of drug-likeness (QED) is 0.547. The van der Waals surface area contributed by atoms with Crippen LogP contribution in [0.1, 0.15) is 26.7 Å². The molecule has 2 nitrogen and oxygen atoms in total. The smallest absolute Gasteiger partial charge is 0.309 e. The van der Waals surface area contributed by atoms with Gasteiger partial charge in [0, 0.05) is 0 Å². The van der Waals surface area contributed by atoms with Crippen molar-refractivity contribution in [2.75, 3.05) is 6.61 Å². The van der Waals surface area contributed by atoms with E-state index in [2.05, 4.69) is 13.8 Å². The molecule has 0 spiro atoms. The fourth-order valence-corrected chi connectivity index (χ4v) is 1.32. The molecule has 58 valence electrons. The Morgan fingerprint density at radius 3 is 2.80 bits per heavy atom. The van der Waals surface area contributed by atoms with E-state index in [1.54, 1.807) is 0 Å². The lowest BCUT2D eigenvalue weighted by molar-refractivity contribution is -0.141. The van der Waals surface area contributed by atoms with Crippen LogP contribution in [0.25, 0.3) is 0 Å². The standard InChI is InChI=1S/C8H14O2/c1-6(2)5-7-3-4-10-8(7)9/h6-7H,3-5H2,1-2H3/t7-/m0/s1. The summed E-state index contributed by atoms with van der Waals surface area (Å²) in [7, 11) is 0. The monoisotopic (exact) mass is 142 g/mol. The molecule has 0 N–H and O–H groups in total. The van der Waals surface area contributed by atoms with E-state index in [1.165, 1.54) is 0 Å². The van der Waals surface area contributed by atoms with Crippen molar-refractivity contribution in [2.24, 2.45) is 11.8 Å². The molecule has 10 heavy (non-hydrogen) atoms. The lowest BCUT2D eigenvalue weighted by atomic mass is 9.96. The van der Waals surface area contributed by atoms with Crippen LogP contribution in [0.3, 0.4) is 0 Å². The molecule has 0 radical (unpaired) electrons. The fourth-order valence-electron chi connectivity index (χ4n) is 1.32. The van der Waals surface area contributed by atoms with Crippen LogP contribution in [0.15, 0.2) is 0 Å². The van der Waals surface area contributed by atoms with Crippen molar-refractivity contribution < 1.29 is 9.53 Å². The van der Waals surface area contributed by atoms with Crippen molar-refractivity contribution >= 4 is 5.97 Å². The number of hydrogen-bond acceptors (Lipinski definition) is 2. The maximum atomic E-state index is 10.9. The van der Waals surface area contributed by atoms with E-state index in [4.69, 9.17) is 4.74 Å². The number of hydrogen-bond donors (Lipinski definition) is 0. The summed E-state index contributed by atoms with van der Waals surface area (Å²) in [5.74, 6) is 0.810. The molecule has 1 heterocycles. The summed E-state index contributed by atoms with van der Waals surface area (Å²) < 4.78 is 4.83. The van der Waals surface area contributed by atoms with E-state index in [9.17, 15) is 4.79 Å². The van der Waals surface area contributed by atoms with E-state index < -0.39 is 0 Å². The van der Waals surface area contributed by atoms with Crippen LogP contribution in [0.5, 0.6) is 0 Å². The minimum Gasteiger partial charge on any atom is -0.465 e. The second kappa shape index (κ2) is 3.04. The summed E-state index contributed by atoms with van der Waals surface area (Å²) in [6, 6.07) is 0. The van der Waals surface area contributed by atoms with Gasteiger partial charge in [-0.3, -0.25) is 4.79 Å². The van der Waals surface area contributed by atoms with Crippen molar-refractivity contribution in [1.82, 2.24) is 0 Å². The maximum absolute atomic E-state index is 10.9. The minimum absolute atomic E-state index is 0.00806. The Labute approximate surface area is 61.6 Å². The van der Waals surface area contributed by atoms with Gasteiger partial charge >= 0.3 is 5.97 Å². The second-order valence-corrected chi connectivity index (χ2v) is 3.28. The van der Waals surface area contributed by atoms with Crippen molar-refractivity contribution in [1.29, 1.82) is 0 Å². The Hall–Kier alpha value is -0.530. The normalized spacial score (nSPS) is 25.5. The highest BCUT2D eigenvalue weighted by Gasteiger charge is 2.26. The molecule has 1 fully saturated rings. The van der Waals surface area contributed by atoms with Gasteiger partial charge in [0.2, 0.25) is 0 Å². The molecular formula is C8H14O2. The highest BCUT2D eigenvalue weighted by molar-refractivity contribution is 5.74. The summed E-state index contributed by atoms with van der Waals surface area (Å²) in [6.07, 6.45) is 1.91. The number of cyclic esters (lactones) is 1. The van der Waals surface area contributed by atoms with Gasteiger partial charge < -0.3 is 4.74 Å². The largest absolute Gasteiger partial charge is 0.465 e. The number of esters is 1. The third-order valence-corrected chi connectivity index (χ3v) is 1.80. The molecule has 0 aromatic rings. The molecule has 2 heteroatoms. The van der Waals surface area contributed by atoms with Crippen LogP contribution < -0.4 is 0 Å². The second-order valence-electron chi connectivity index (χ2n) is 3.28. The summed E-state index contributed by atoms with van der Waals surface area (Å²) >= 11 is 0. The van der Waals surface area contributed by atoms with Gasteiger partial charge in [0.1, 0.15) is 0 Å². The van der Waals surface area contributed by atoms with Gasteiger partial charge in [-0.05, 0) is 18.8 Å². The first-order valence-electron chi connectivity index (χ1n) is 3.87. The third kappa shape index (κ3) is 1.72. The van der Waals surface area contributed by atoms with Crippen molar-refractivity contribution in [3.05, 3.63) is 0 Å². The molecule has 0 bridgehead atoms. The first-order valence-corrected chi connectivity index (χ1v) is 3.87. The molecule has 1 aliphatic rings. The molecule has 0 aromatic carbocycles. The zero-order valence-electron chi connectivity index (χ0n) is 6.59. The molecule has 0 saturated carbocycles.